The largest absolute Gasteiger partial charge is 0.260 e. The molecule has 1 heteroatoms. The first kappa shape index (κ1) is 9.34. The average Bonchev–Trinajstić information content (AvgIpc) is 2.66. The quantitative estimate of drug-likeness (QED) is 0.695. The minimum absolute atomic E-state index is 0.345. The molecular weight excluding hydrogens is 194 g/mol. The molecule has 0 aliphatic heterocycles. The van der Waals surface area contributed by atoms with Gasteiger partial charge in [-0.15, -0.1) is 0 Å². The third-order valence-electron chi connectivity index (χ3n) is 3.13. The lowest BCUT2D eigenvalue weighted by Crippen LogP contribution is -2.01. The maximum absolute atomic E-state index is 4.47. The summed E-state index contributed by atoms with van der Waals surface area (Å²) in [6.45, 7) is 2.18. The van der Waals surface area contributed by atoms with Crippen LogP contribution in [0.4, 0.5) is 0 Å². The van der Waals surface area contributed by atoms with E-state index in [1.54, 1.807) is 0 Å². The number of hydrogen-bond donors (Lipinski definition) is 0. The van der Waals surface area contributed by atoms with Gasteiger partial charge >= 0.3 is 0 Å². The topological polar surface area (TPSA) is 12.9 Å². The van der Waals surface area contributed by atoms with Crippen LogP contribution in [0, 0.1) is 0 Å². The van der Waals surface area contributed by atoms with Crippen molar-refractivity contribution in [2.45, 2.75) is 12.8 Å². The molecule has 0 saturated heterocycles. The molecule has 0 spiro atoms. The lowest BCUT2D eigenvalue weighted by molar-refractivity contribution is 0.918. The molecule has 1 heterocycles. The SMILES string of the molecule is CC1=Cc2ccccc2C1c1ccccn1. The van der Waals surface area contributed by atoms with E-state index in [2.05, 4.69) is 54.4 Å². The Kier molecular flexibility index (Phi) is 2.10. The van der Waals surface area contributed by atoms with Crippen LogP contribution in [-0.2, 0) is 0 Å². The number of aromatic nitrogens is 1. The molecule has 0 bridgehead atoms. The van der Waals surface area contributed by atoms with Crippen LogP contribution in [0.25, 0.3) is 6.08 Å². The number of pyridine rings is 1. The molecule has 3 rings (SSSR count). The van der Waals surface area contributed by atoms with Crippen molar-refractivity contribution in [3.63, 3.8) is 0 Å². The predicted molar refractivity (Wildman–Crippen MR) is 66.2 cm³/mol. The van der Waals surface area contributed by atoms with Gasteiger partial charge in [-0.2, -0.15) is 0 Å². The molecular formula is C15H13N. The van der Waals surface area contributed by atoms with E-state index in [1.807, 2.05) is 12.3 Å². The van der Waals surface area contributed by atoms with E-state index in [9.17, 15) is 0 Å². The van der Waals surface area contributed by atoms with Gasteiger partial charge in [-0.3, -0.25) is 4.98 Å². The lowest BCUT2D eigenvalue weighted by atomic mass is 9.93. The Morgan fingerprint density at radius 1 is 1.00 bits per heavy atom. The zero-order valence-electron chi connectivity index (χ0n) is 9.22. The highest BCUT2D eigenvalue weighted by Crippen LogP contribution is 2.39. The van der Waals surface area contributed by atoms with Crippen LogP contribution in [0.2, 0.25) is 0 Å². The van der Waals surface area contributed by atoms with Crippen molar-refractivity contribution in [1.29, 1.82) is 0 Å². The molecule has 0 saturated carbocycles. The molecule has 1 nitrogen and oxygen atoms in total. The maximum Gasteiger partial charge on any atom is 0.0519 e. The summed E-state index contributed by atoms with van der Waals surface area (Å²) in [5.41, 5.74) is 5.22. The summed E-state index contributed by atoms with van der Waals surface area (Å²) in [4.78, 5) is 4.47. The summed E-state index contributed by atoms with van der Waals surface area (Å²) < 4.78 is 0. The van der Waals surface area contributed by atoms with Crippen LogP contribution in [0.5, 0.6) is 0 Å². The van der Waals surface area contributed by atoms with Gasteiger partial charge in [-0.25, -0.2) is 0 Å². The average molecular weight is 207 g/mol. The number of nitrogens with zero attached hydrogens (tertiary/aromatic N) is 1. The third-order valence-corrected chi connectivity index (χ3v) is 3.13. The maximum atomic E-state index is 4.47. The normalized spacial score (nSPS) is 18.1. The van der Waals surface area contributed by atoms with Gasteiger partial charge in [0, 0.05) is 12.1 Å². The van der Waals surface area contributed by atoms with Gasteiger partial charge in [0.05, 0.1) is 5.69 Å². The van der Waals surface area contributed by atoms with Crippen LogP contribution in [0.3, 0.4) is 0 Å². The zero-order chi connectivity index (χ0) is 11.0. The fourth-order valence-electron chi connectivity index (χ4n) is 2.42. The Balaban J connectivity index is 2.14. The van der Waals surface area contributed by atoms with Crippen LogP contribution in [0.1, 0.15) is 29.7 Å². The first-order valence-electron chi connectivity index (χ1n) is 5.54. The Morgan fingerprint density at radius 3 is 2.62 bits per heavy atom. The van der Waals surface area contributed by atoms with Crippen molar-refractivity contribution < 1.29 is 0 Å². The molecule has 1 atom stereocenters. The van der Waals surface area contributed by atoms with Gasteiger partial charge in [0.1, 0.15) is 0 Å². The summed E-state index contributed by atoms with van der Waals surface area (Å²) in [5, 5.41) is 0. The van der Waals surface area contributed by atoms with Gasteiger partial charge in [0.15, 0.2) is 0 Å². The molecule has 0 amide bonds. The number of rotatable bonds is 1. The van der Waals surface area contributed by atoms with E-state index in [1.165, 1.54) is 16.7 Å². The van der Waals surface area contributed by atoms with Crippen molar-refractivity contribution in [2.24, 2.45) is 0 Å². The number of allylic oxidation sites excluding steroid dienone is 1. The Labute approximate surface area is 95.5 Å². The lowest BCUT2D eigenvalue weighted by Gasteiger charge is -2.13. The molecule has 1 aliphatic carbocycles. The Bertz CT molecular complexity index is 540. The molecule has 1 aliphatic rings. The summed E-state index contributed by atoms with van der Waals surface area (Å²) in [6.07, 6.45) is 4.12. The molecule has 16 heavy (non-hydrogen) atoms. The van der Waals surface area contributed by atoms with E-state index in [0.29, 0.717) is 5.92 Å². The van der Waals surface area contributed by atoms with E-state index >= 15 is 0 Å². The molecule has 0 radical (unpaired) electrons. The highest BCUT2D eigenvalue weighted by atomic mass is 14.7. The monoisotopic (exact) mass is 207 g/mol. The van der Waals surface area contributed by atoms with Crippen molar-refractivity contribution in [3.05, 3.63) is 71.1 Å². The number of benzene rings is 1. The highest BCUT2D eigenvalue weighted by Gasteiger charge is 2.24. The van der Waals surface area contributed by atoms with Gasteiger partial charge in [0.25, 0.3) is 0 Å². The second-order valence-corrected chi connectivity index (χ2v) is 4.20. The molecule has 1 aromatic carbocycles. The zero-order valence-corrected chi connectivity index (χ0v) is 9.22. The van der Waals surface area contributed by atoms with E-state index in [4.69, 9.17) is 0 Å². The molecule has 78 valence electrons. The summed E-state index contributed by atoms with van der Waals surface area (Å²) in [7, 11) is 0. The second kappa shape index (κ2) is 3.60. The summed E-state index contributed by atoms with van der Waals surface area (Å²) in [5.74, 6) is 0.345. The van der Waals surface area contributed by atoms with Gasteiger partial charge in [0.2, 0.25) is 0 Å². The van der Waals surface area contributed by atoms with Gasteiger partial charge < -0.3 is 0 Å². The second-order valence-electron chi connectivity index (χ2n) is 4.20. The van der Waals surface area contributed by atoms with Crippen LogP contribution in [-0.4, -0.2) is 4.98 Å². The number of fused-ring (bicyclic) bond motifs is 1. The molecule has 2 aromatic rings. The molecule has 0 N–H and O–H groups in total. The van der Waals surface area contributed by atoms with E-state index in [-0.39, 0.29) is 0 Å². The first-order chi connectivity index (χ1) is 7.86. The van der Waals surface area contributed by atoms with Gasteiger partial charge in [-0.1, -0.05) is 42.0 Å². The smallest absolute Gasteiger partial charge is 0.0519 e. The van der Waals surface area contributed by atoms with Crippen LogP contribution < -0.4 is 0 Å². The Hall–Kier alpha value is -1.89. The third kappa shape index (κ3) is 1.36. The highest BCUT2D eigenvalue weighted by molar-refractivity contribution is 5.68. The van der Waals surface area contributed by atoms with E-state index in [0.717, 1.165) is 5.69 Å². The van der Waals surface area contributed by atoms with E-state index < -0.39 is 0 Å². The number of hydrogen-bond acceptors (Lipinski definition) is 1. The summed E-state index contributed by atoms with van der Waals surface area (Å²) >= 11 is 0. The molecule has 0 fully saturated rings. The molecule has 1 unspecified atom stereocenters. The standard InChI is InChI=1S/C15H13N/c1-11-10-12-6-2-3-7-13(12)15(11)14-8-4-5-9-16-14/h2-10,15H,1H3. The first-order valence-corrected chi connectivity index (χ1v) is 5.54. The van der Waals surface area contributed by atoms with Crippen molar-refractivity contribution in [3.8, 4) is 0 Å². The Morgan fingerprint density at radius 2 is 1.81 bits per heavy atom. The minimum Gasteiger partial charge on any atom is -0.260 e. The van der Waals surface area contributed by atoms with Crippen molar-refractivity contribution >= 4 is 6.08 Å². The molecule has 1 aromatic heterocycles. The van der Waals surface area contributed by atoms with Crippen LogP contribution >= 0.6 is 0 Å². The van der Waals surface area contributed by atoms with Gasteiger partial charge in [-0.05, 0) is 30.2 Å². The van der Waals surface area contributed by atoms with Crippen molar-refractivity contribution in [2.75, 3.05) is 0 Å². The summed E-state index contributed by atoms with van der Waals surface area (Å²) in [6, 6.07) is 14.7. The van der Waals surface area contributed by atoms with Crippen LogP contribution in [0.15, 0.2) is 54.2 Å². The predicted octanol–water partition coefficient (Wildman–Crippen LogP) is 3.63. The fourth-order valence-corrected chi connectivity index (χ4v) is 2.42. The van der Waals surface area contributed by atoms with Crippen molar-refractivity contribution in [1.82, 2.24) is 4.98 Å². The fraction of sp³-hybridized carbons (Fsp3) is 0.133. The minimum atomic E-state index is 0.345.